The number of ether oxygens (including phenoxy) is 1. The van der Waals surface area contributed by atoms with Gasteiger partial charge < -0.3 is 4.74 Å². The lowest BCUT2D eigenvalue weighted by molar-refractivity contribution is -0.213. The first-order chi connectivity index (χ1) is 9.73. The second kappa shape index (κ2) is 10.9. The second-order valence-corrected chi connectivity index (χ2v) is 4.37. The maximum absolute atomic E-state index is 12.5. The van der Waals surface area contributed by atoms with E-state index in [0.29, 0.717) is 14.1 Å². The van der Waals surface area contributed by atoms with Gasteiger partial charge in [0, 0.05) is 6.61 Å². The highest BCUT2D eigenvalue weighted by Gasteiger charge is 2.45. The minimum Gasteiger partial charge on any atom is -0.372 e. The van der Waals surface area contributed by atoms with Crippen molar-refractivity contribution in [2.24, 2.45) is 11.8 Å². The van der Waals surface area contributed by atoms with Gasteiger partial charge >= 0.3 is 18.5 Å². The van der Waals surface area contributed by atoms with Crippen LogP contribution in [0.2, 0.25) is 0 Å². The van der Waals surface area contributed by atoms with Crippen molar-refractivity contribution in [2.45, 2.75) is 38.3 Å². The molecule has 0 radical (unpaired) electrons. The normalized spacial score (nSPS) is 15.1. The van der Waals surface area contributed by atoms with Crippen molar-refractivity contribution < 1.29 is 53.3 Å². The highest BCUT2D eigenvalue weighted by Crippen LogP contribution is 2.38. The van der Waals surface area contributed by atoms with Gasteiger partial charge in [0.1, 0.15) is 6.61 Å². The SMILES string of the molecule is CC(CC(CCOCC(F)(F)F)C(F)(F)F)C(F)(F)F.CF.F. The third-order valence-electron chi connectivity index (χ3n) is 2.54. The maximum atomic E-state index is 12.5. The standard InChI is InChI=1S/C10H13F9O.CH3F.FH/c1-6(9(14,15)16)4-7(10(17,18)19)2-3-20-5-8(11,12)13;1-2;/h6-7H,2-5H2,1H3;1H3;1H. The van der Waals surface area contributed by atoms with E-state index in [-0.39, 0.29) is 4.70 Å². The molecule has 2 atom stereocenters. The minimum atomic E-state index is -4.92. The summed E-state index contributed by atoms with van der Waals surface area (Å²) in [7, 11) is 0.500. The molecule has 0 rings (SSSR count). The van der Waals surface area contributed by atoms with E-state index in [1.807, 2.05) is 0 Å². The van der Waals surface area contributed by atoms with Crippen molar-refractivity contribution in [1.82, 2.24) is 0 Å². The van der Waals surface area contributed by atoms with Gasteiger partial charge in [0.05, 0.1) is 19.0 Å². The van der Waals surface area contributed by atoms with Crippen LogP contribution in [0, 0.1) is 11.8 Å². The molecule has 0 aliphatic carbocycles. The van der Waals surface area contributed by atoms with Crippen molar-refractivity contribution in [1.29, 1.82) is 0 Å². The molecule has 0 spiro atoms. The summed E-state index contributed by atoms with van der Waals surface area (Å²) in [6.07, 6.45) is -16.6. The van der Waals surface area contributed by atoms with Crippen LogP contribution in [0.15, 0.2) is 0 Å². The average molecular weight is 374 g/mol. The fourth-order valence-electron chi connectivity index (χ4n) is 1.39. The summed E-state index contributed by atoms with van der Waals surface area (Å²) in [5.41, 5.74) is 0. The Morgan fingerprint density at radius 3 is 1.57 bits per heavy atom. The molecule has 2 unspecified atom stereocenters. The largest absolute Gasteiger partial charge is 0.411 e. The smallest absolute Gasteiger partial charge is 0.372 e. The summed E-state index contributed by atoms with van der Waals surface area (Å²) in [6, 6.07) is 0. The van der Waals surface area contributed by atoms with Crippen LogP contribution in [0.5, 0.6) is 0 Å². The molecule has 0 aromatic rings. The van der Waals surface area contributed by atoms with Crippen LogP contribution in [0.3, 0.4) is 0 Å². The summed E-state index contributed by atoms with van der Waals surface area (Å²) in [6.45, 7) is -2.05. The lowest BCUT2D eigenvalue weighted by atomic mass is 9.92. The zero-order valence-electron chi connectivity index (χ0n) is 12.1. The molecule has 0 aliphatic heterocycles. The molecular formula is C11H17F11O. The van der Waals surface area contributed by atoms with Crippen LogP contribution in [-0.2, 0) is 4.74 Å². The number of hydrogen-bond acceptors (Lipinski definition) is 1. The van der Waals surface area contributed by atoms with Gasteiger partial charge in [-0.3, -0.25) is 9.09 Å². The predicted octanol–water partition coefficient (Wildman–Crippen LogP) is 5.46. The monoisotopic (exact) mass is 374 g/mol. The molecule has 1 nitrogen and oxygen atoms in total. The van der Waals surface area contributed by atoms with E-state index < -0.39 is 56.4 Å². The van der Waals surface area contributed by atoms with Gasteiger partial charge in [-0.25, -0.2) is 0 Å². The van der Waals surface area contributed by atoms with Crippen LogP contribution >= 0.6 is 0 Å². The van der Waals surface area contributed by atoms with Crippen LogP contribution in [0.4, 0.5) is 48.6 Å². The van der Waals surface area contributed by atoms with Gasteiger partial charge in [0.25, 0.3) is 0 Å². The quantitative estimate of drug-likeness (QED) is 0.443. The molecule has 0 aliphatic rings. The van der Waals surface area contributed by atoms with Crippen LogP contribution in [0.25, 0.3) is 0 Å². The molecule has 0 bridgehead atoms. The Labute approximate surface area is 125 Å². The summed E-state index contributed by atoms with van der Waals surface area (Å²) in [5.74, 6) is -4.55. The van der Waals surface area contributed by atoms with E-state index in [0.717, 1.165) is 0 Å². The fraction of sp³-hybridized carbons (Fsp3) is 1.00. The molecule has 0 N–H and O–H groups in total. The Kier molecular flexibility index (Phi) is 12.8. The van der Waals surface area contributed by atoms with Crippen molar-refractivity contribution in [3.8, 4) is 0 Å². The Hall–Kier alpha value is -0.810. The molecule has 0 saturated heterocycles. The first-order valence-electron chi connectivity index (χ1n) is 5.89. The zero-order chi connectivity index (χ0) is 18.2. The topological polar surface area (TPSA) is 9.23 Å². The Balaban J connectivity index is -0.00000128. The van der Waals surface area contributed by atoms with E-state index in [1.54, 1.807) is 0 Å². The van der Waals surface area contributed by atoms with Crippen molar-refractivity contribution in [3.63, 3.8) is 0 Å². The van der Waals surface area contributed by atoms with E-state index in [9.17, 15) is 43.9 Å². The molecule has 23 heavy (non-hydrogen) atoms. The summed E-state index contributed by atoms with van der Waals surface area (Å²) in [5, 5.41) is 0. The van der Waals surface area contributed by atoms with Crippen LogP contribution in [-0.4, -0.2) is 38.9 Å². The molecule has 0 saturated carbocycles. The molecule has 144 valence electrons. The molecule has 0 aromatic heterocycles. The van der Waals surface area contributed by atoms with Gasteiger partial charge in [0.15, 0.2) is 0 Å². The van der Waals surface area contributed by atoms with Gasteiger partial charge in [0.2, 0.25) is 0 Å². The van der Waals surface area contributed by atoms with E-state index in [2.05, 4.69) is 4.74 Å². The van der Waals surface area contributed by atoms with Gasteiger partial charge in [-0.2, -0.15) is 39.5 Å². The van der Waals surface area contributed by atoms with Gasteiger partial charge in [-0.1, -0.05) is 6.92 Å². The third kappa shape index (κ3) is 14.5. The third-order valence-corrected chi connectivity index (χ3v) is 2.54. The van der Waals surface area contributed by atoms with Crippen LogP contribution < -0.4 is 0 Å². The average Bonchev–Trinajstić information content (AvgIpc) is 2.31. The van der Waals surface area contributed by atoms with Gasteiger partial charge in [-0.05, 0) is 12.8 Å². The molecule has 12 heteroatoms. The van der Waals surface area contributed by atoms with Gasteiger partial charge in [-0.15, -0.1) is 0 Å². The van der Waals surface area contributed by atoms with E-state index in [1.165, 1.54) is 0 Å². The minimum absolute atomic E-state index is 0. The number of alkyl halides is 10. The zero-order valence-corrected chi connectivity index (χ0v) is 12.1. The first-order valence-corrected chi connectivity index (χ1v) is 5.89. The molecule has 0 fully saturated rings. The highest BCUT2D eigenvalue weighted by molar-refractivity contribution is 4.74. The molecule has 0 heterocycles. The Morgan fingerprint density at radius 1 is 0.826 bits per heavy atom. The maximum Gasteiger partial charge on any atom is 0.411 e. The number of halogens is 11. The van der Waals surface area contributed by atoms with E-state index >= 15 is 0 Å². The number of rotatable bonds is 6. The summed E-state index contributed by atoms with van der Waals surface area (Å²) < 4.78 is 123. The lowest BCUT2D eigenvalue weighted by Gasteiger charge is -2.24. The Morgan fingerprint density at radius 2 is 1.26 bits per heavy atom. The second-order valence-electron chi connectivity index (χ2n) is 4.37. The van der Waals surface area contributed by atoms with E-state index in [4.69, 9.17) is 0 Å². The molecule has 0 aromatic carbocycles. The lowest BCUT2D eigenvalue weighted by Crippen LogP contribution is -2.31. The molecular weight excluding hydrogens is 357 g/mol. The van der Waals surface area contributed by atoms with Crippen LogP contribution in [0.1, 0.15) is 19.8 Å². The Bertz CT molecular complexity index is 281. The van der Waals surface area contributed by atoms with Crippen molar-refractivity contribution in [2.75, 3.05) is 20.4 Å². The first kappa shape index (κ1) is 27.1. The van der Waals surface area contributed by atoms with Crippen molar-refractivity contribution >= 4 is 0 Å². The fourth-order valence-corrected chi connectivity index (χ4v) is 1.39. The predicted molar refractivity (Wildman–Crippen MR) is 60.4 cm³/mol. The summed E-state index contributed by atoms with van der Waals surface area (Å²) >= 11 is 0. The number of hydrogen-bond donors (Lipinski definition) is 0. The van der Waals surface area contributed by atoms with Crippen molar-refractivity contribution in [3.05, 3.63) is 0 Å². The summed E-state index contributed by atoms with van der Waals surface area (Å²) in [4.78, 5) is 0. The highest BCUT2D eigenvalue weighted by atomic mass is 19.4. The molecule has 0 amide bonds.